The fourth-order valence-electron chi connectivity index (χ4n) is 2.99. The lowest BCUT2D eigenvalue weighted by molar-refractivity contribution is -0.122. The van der Waals surface area contributed by atoms with Crippen LogP contribution in [-0.2, 0) is 10.2 Å². The average Bonchev–Trinajstić information content (AvgIpc) is 2.98. The van der Waals surface area contributed by atoms with E-state index in [9.17, 15) is 9.18 Å². The van der Waals surface area contributed by atoms with E-state index in [-0.39, 0.29) is 24.1 Å². The largest absolute Gasteiger partial charge is 0.338 e. The predicted molar refractivity (Wildman–Crippen MR) is 97.3 cm³/mol. The molecule has 7 heteroatoms. The van der Waals surface area contributed by atoms with Crippen LogP contribution in [0, 0.1) is 5.82 Å². The summed E-state index contributed by atoms with van der Waals surface area (Å²) in [5.41, 5.74) is 4.90. The van der Waals surface area contributed by atoms with E-state index in [1.54, 1.807) is 24.4 Å². The quantitative estimate of drug-likeness (QED) is 0.735. The first-order chi connectivity index (χ1) is 11.5. The van der Waals surface area contributed by atoms with Gasteiger partial charge in [-0.2, -0.15) is 5.10 Å². The fourth-order valence-corrected chi connectivity index (χ4v) is 2.99. The van der Waals surface area contributed by atoms with Gasteiger partial charge in [-0.05, 0) is 36.8 Å². The molecule has 128 valence electrons. The summed E-state index contributed by atoms with van der Waals surface area (Å²) in [7, 11) is 0. The molecule has 0 spiro atoms. The predicted octanol–water partition coefficient (Wildman–Crippen LogP) is 3.55. The minimum Gasteiger partial charge on any atom is -0.338 e. The molecule has 1 aliphatic heterocycles. The van der Waals surface area contributed by atoms with Crippen molar-refractivity contribution in [3.8, 4) is 11.4 Å². The second-order valence-corrected chi connectivity index (χ2v) is 6.18. The van der Waals surface area contributed by atoms with Crippen LogP contribution in [0.5, 0.6) is 0 Å². The van der Waals surface area contributed by atoms with Gasteiger partial charge in [-0.15, -0.1) is 12.4 Å². The van der Waals surface area contributed by atoms with Crippen molar-refractivity contribution in [1.82, 2.24) is 15.4 Å². The number of nitrogens with one attached hydrogen (secondary N) is 2. The number of H-pyrrole nitrogens is 1. The number of imidazole rings is 1. The molecule has 2 aromatic carbocycles. The van der Waals surface area contributed by atoms with Gasteiger partial charge in [-0.3, -0.25) is 4.79 Å². The lowest BCUT2D eigenvalue weighted by Crippen LogP contribution is -2.37. The Balaban J connectivity index is 0.00000182. The summed E-state index contributed by atoms with van der Waals surface area (Å²) in [4.78, 5) is 19.3. The zero-order valence-electron chi connectivity index (χ0n) is 13.4. The molecule has 1 aromatic heterocycles. The number of carbonyl (C=O) groups excluding carboxylic acids is 1. The molecule has 1 unspecified atom stereocenters. The monoisotopic (exact) mass is 358 g/mol. The minimum absolute atomic E-state index is 0. The highest BCUT2D eigenvalue weighted by atomic mass is 35.5. The lowest BCUT2D eigenvalue weighted by Gasteiger charge is -2.27. The van der Waals surface area contributed by atoms with E-state index in [4.69, 9.17) is 0 Å². The molecule has 1 amide bonds. The van der Waals surface area contributed by atoms with Gasteiger partial charge in [0, 0.05) is 18.1 Å². The van der Waals surface area contributed by atoms with Gasteiger partial charge in [0.2, 0.25) is 5.91 Å². The number of aromatic nitrogens is 2. The summed E-state index contributed by atoms with van der Waals surface area (Å²) >= 11 is 0. The van der Waals surface area contributed by atoms with Crippen LogP contribution in [0.2, 0.25) is 0 Å². The Morgan fingerprint density at radius 2 is 2.00 bits per heavy atom. The maximum atomic E-state index is 14.0. The normalized spacial score (nSPS) is 19.5. The molecular formula is C18H16ClFN4O. The van der Waals surface area contributed by atoms with E-state index < -0.39 is 5.41 Å². The maximum Gasteiger partial charge on any atom is 0.241 e. The highest BCUT2D eigenvalue weighted by Crippen LogP contribution is 2.31. The molecule has 2 heterocycles. The van der Waals surface area contributed by atoms with Gasteiger partial charge in [0.15, 0.2) is 0 Å². The van der Waals surface area contributed by atoms with Gasteiger partial charge < -0.3 is 4.98 Å². The third-order valence-electron chi connectivity index (χ3n) is 4.34. The van der Waals surface area contributed by atoms with E-state index in [0.29, 0.717) is 17.8 Å². The highest BCUT2D eigenvalue weighted by Gasteiger charge is 2.31. The summed E-state index contributed by atoms with van der Waals surface area (Å²) in [6.07, 6.45) is 2.07. The summed E-state index contributed by atoms with van der Waals surface area (Å²) in [5.74, 6) is 0.0528. The van der Waals surface area contributed by atoms with Crippen LogP contribution in [-0.4, -0.2) is 22.1 Å². The van der Waals surface area contributed by atoms with Gasteiger partial charge in [0.1, 0.15) is 11.6 Å². The number of nitrogens with zero attached hydrogens (tertiary/aromatic N) is 2. The first-order valence-electron chi connectivity index (χ1n) is 7.63. The van der Waals surface area contributed by atoms with Gasteiger partial charge in [-0.1, -0.05) is 18.2 Å². The van der Waals surface area contributed by atoms with Crippen molar-refractivity contribution >= 4 is 35.6 Å². The third-order valence-corrected chi connectivity index (χ3v) is 4.34. The molecule has 0 radical (unpaired) electrons. The third kappa shape index (κ3) is 3.00. The Morgan fingerprint density at radius 1 is 1.20 bits per heavy atom. The fraction of sp³-hybridized carbons (Fsp3) is 0.167. The average molecular weight is 359 g/mol. The summed E-state index contributed by atoms with van der Waals surface area (Å²) in [5, 5.41) is 3.93. The molecule has 1 atom stereocenters. The number of rotatable bonds is 2. The van der Waals surface area contributed by atoms with Crippen LogP contribution >= 0.6 is 12.4 Å². The maximum absolute atomic E-state index is 14.0. The van der Waals surface area contributed by atoms with Crippen LogP contribution in [0.3, 0.4) is 0 Å². The summed E-state index contributed by atoms with van der Waals surface area (Å²) < 4.78 is 14.0. The zero-order valence-corrected chi connectivity index (χ0v) is 14.2. The molecule has 4 rings (SSSR count). The first kappa shape index (κ1) is 17.1. The van der Waals surface area contributed by atoms with Crippen molar-refractivity contribution in [3.63, 3.8) is 0 Å². The van der Waals surface area contributed by atoms with E-state index in [1.807, 2.05) is 25.1 Å². The van der Waals surface area contributed by atoms with Crippen molar-refractivity contribution in [1.29, 1.82) is 0 Å². The van der Waals surface area contributed by atoms with E-state index in [1.165, 1.54) is 6.07 Å². The van der Waals surface area contributed by atoms with Crippen molar-refractivity contribution in [2.24, 2.45) is 5.10 Å². The van der Waals surface area contributed by atoms with E-state index >= 15 is 0 Å². The molecule has 0 aliphatic carbocycles. The topological polar surface area (TPSA) is 70.1 Å². The molecule has 0 saturated heterocycles. The van der Waals surface area contributed by atoms with Gasteiger partial charge >= 0.3 is 0 Å². The number of hydrogen-bond acceptors (Lipinski definition) is 3. The molecule has 1 aliphatic rings. The second kappa shape index (κ2) is 6.29. The Morgan fingerprint density at radius 3 is 2.76 bits per heavy atom. The number of fused-ring (bicyclic) bond motifs is 1. The molecule has 0 saturated carbocycles. The standard InChI is InChI=1S/C18H15FN4O.ClH/c1-18(9-16(24)23-20-10-18)11-6-7-14-15(8-11)22-17(21-14)12-4-2-3-5-13(12)19;/h2-8,10H,9H2,1H3,(H,21,22)(H,23,24);1H. The van der Waals surface area contributed by atoms with Crippen LogP contribution in [0.25, 0.3) is 22.4 Å². The SMILES string of the molecule is CC1(c2ccc3nc(-c4ccccc4F)[nH]c3c2)C=NNC(=O)C1.Cl. The Hall–Kier alpha value is -2.73. The minimum atomic E-state index is -0.472. The van der Waals surface area contributed by atoms with Crippen molar-refractivity contribution in [3.05, 3.63) is 53.8 Å². The van der Waals surface area contributed by atoms with Gasteiger partial charge in [0.25, 0.3) is 0 Å². The molecule has 5 nitrogen and oxygen atoms in total. The number of aromatic amines is 1. The summed E-state index contributed by atoms with van der Waals surface area (Å²) in [6.45, 7) is 1.96. The number of halogens is 2. The Bertz CT molecular complexity index is 984. The smallest absolute Gasteiger partial charge is 0.241 e. The van der Waals surface area contributed by atoms with Crippen LogP contribution in [0.4, 0.5) is 4.39 Å². The lowest BCUT2D eigenvalue weighted by atomic mass is 9.79. The molecule has 0 fully saturated rings. The van der Waals surface area contributed by atoms with Gasteiger partial charge in [-0.25, -0.2) is 14.8 Å². The number of hydrazone groups is 1. The van der Waals surface area contributed by atoms with E-state index in [2.05, 4.69) is 20.5 Å². The molecule has 25 heavy (non-hydrogen) atoms. The summed E-state index contributed by atoms with van der Waals surface area (Å²) in [6, 6.07) is 12.3. The number of amides is 1. The Labute approximate surface area is 149 Å². The van der Waals surface area contributed by atoms with Crippen LogP contribution < -0.4 is 5.43 Å². The van der Waals surface area contributed by atoms with Crippen molar-refractivity contribution < 1.29 is 9.18 Å². The van der Waals surface area contributed by atoms with Crippen molar-refractivity contribution in [2.45, 2.75) is 18.8 Å². The van der Waals surface area contributed by atoms with E-state index in [0.717, 1.165) is 16.6 Å². The van der Waals surface area contributed by atoms with Crippen LogP contribution in [0.1, 0.15) is 18.9 Å². The van der Waals surface area contributed by atoms with Crippen molar-refractivity contribution in [2.75, 3.05) is 0 Å². The second-order valence-electron chi connectivity index (χ2n) is 6.18. The molecule has 0 bridgehead atoms. The molecule has 2 N–H and O–H groups in total. The number of benzene rings is 2. The highest BCUT2D eigenvalue weighted by molar-refractivity contribution is 5.90. The molecule has 3 aromatic rings. The zero-order chi connectivity index (χ0) is 16.7. The number of hydrogen-bond donors (Lipinski definition) is 2. The van der Waals surface area contributed by atoms with Gasteiger partial charge in [0.05, 0.1) is 16.6 Å². The van der Waals surface area contributed by atoms with Crippen LogP contribution in [0.15, 0.2) is 47.6 Å². The first-order valence-corrected chi connectivity index (χ1v) is 7.63. The Kier molecular flexibility index (Phi) is 4.30. The number of carbonyl (C=O) groups is 1. The molecular weight excluding hydrogens is 343 g/mol.